The summed E-state index contributed by atoms with van der Waals surface area (Å²) in [5.41, 5.74) is 0. The Bertz CT molecular complexity index is 8.00. The van der Waals surface area contributed by atoms with Crippen molar-refractivity contribution in [3.63, 3.8) is 0 Å². The van der Waals surface area contributed by atoms with E-state index in [1.807, 2.05) is 0 Å². The summed E-state index contributed by atoms with van der Waals surface area (Å²) in [6.07, 6.45) is 0. The molecule has 2 heteroatoms. The van der Waals surface area contributed by atoms with Gasteiger partial charge in [0, 0.05) is 0 Å². The van der Waals surface area contributed by atoms with E-state index in [0.29, 0.717) is 6.61 Å². The maximum atomic E-state index is 7.91. The number of hydrogen-bond donors (Lipinski definition) is 1. The SMILES string of the molecule is OC[CH2][Na]. The van der Waals surface area contributed by atoms with E-state index in [1.54, 1.807) is 0 Å². The predicted molar refractivity (Wildman–Crippen MR) is 17.6 cm³/mol. The minimum absolute atomic E-state index is 0.381. The average molecular weight is 68.1 g/mol. The first kappa shape index (κ1) is 4.96. The van der Waals surface area contributed by atoms with Gasteiger partial charge in [-0.2, -0.15) is 0 Å². The molecular formula is C2H5NaO. The fraction of sp³-hybridized carbons (Fsp3) is 1.00. The third-order valence-corrected chi connectivity index (χ3v) is 0.671. The minimum atomic E-state index is 0.381. The van der Waals surface area contributed by atoms with Gasteiger partial charge in [0.05, 0.1) is 0 Å². The molecule has 0 aromatic heterocycles. The zero-order valence-corrected chi connectivity index (χ0v) is 4.86. The number of hydrogen-bond acceptors (Lipinski definition) is 1. The van der Waals surface area contributed by atoms with Gasteiger partial charge in [-0.05, 0) is 0 Å². The van der Waals surface area contributed by atoms with E-state index >= 15 is 0 Å². The van der Waals surface area contributed by atoms with Crippen molar-refractivity contribution in [1.29, 1.82) is 0 Å². The first-order chi connectivity index (χ1) is 1.91. The fourth-order valence-corrected chi connectivity index (χ4v) is 0. The summed E-state index contributed by atoms with van der Waals surface area (Å²) in [6.45, 7) is 0.381. The van der Waals surface area contributed by atoms with Crippen molar-refractivity contribution in [2.45, 2.75) is 3.67 Å². The molecule has 0 spiro atoms. The summed E-state index contributed by atoms with van der Waals surface area (Å²) in [6, 6.07) is 0. The zero-order chi connectivity index (χ0) is 3.41. The zero-order valence-electron chi connectivity index (χ0n) is 2.86. The summed E-state index contributed by atoms with van der Waals surface area (Å²) in [5, 5.41) is 7.91. The van der Waals surface area contributed by atoms with Crippen LogP contribution >= 0.6 is 0 Å². The normalized spacial score (nSPS) is 7.75. The Morgan fingerprint density at radius 1 is 1.75 bits per heavy atom. The van der Waals surface area contributed by atoms with Gasteiger partial charge in [0.25, 0.3) is 0 Å². The van der Waals surface area contributed by atoms with Crippen LogP contribution in [0.25, 0.3) is 0 Å². The molecule has 0 amide bonds. The van der Waals surface area contributed by atoms with Crippen molar-refractivity contribution in [2.75, 3.05) is 6.61 Å². The van der Waals surface area contributed by atoms with E-state index in [1.165, 1.54) is 0 Å². The Labute approximate surface area is 43.4 Å². The third kappa shape index (κ3) is 2.96. The van der Waals surface area contributed by atoms with E-state index in [-0.39, 0.29) is 0 Å². The van der Waals surface area contributed by atoms with Crippen LogP contribution in [0.15, 0.2) is 0 Å². The third-order valence-electron chi connectivity index (χ3n) is 0.224. The summed E-state index contributed by atoms with van der Waals surface area (Å²) in [7, 11) is 0. The fourth-order valence-electron chi connectivity index (χ4n) is 0. The van der Waals surface area contributed by atoms with E-state index < -0.39 is 0 Å². The second kappa shape index (κ2) is 3.96. The molecule has 0 aromatic rings. The average Bonchev–Trinajstić information content (AvgIpc) is 1.37. The number of aliphatic hydroxyl groups is 1. The summed E-state index contributed by atoms with van der Waals surface area (Å²) in [4.78, 5) is 0. The molecule has 1 nitrogen and oxygen atoms in total. The molecule has 0 rings (SSSR count). The predicted octanol–water partition coefficient (Wildman–Crippen LogP) is -0.435. The van der Waals surface area contributed by atoms with Gasteiger partial charge in [-0.15, -0.1) is 0 Å². The Kier molecular flexibility index (Phi) is 4.91. The van der Waals surface area contributed by atoms with Gasteiger partial charge in [-0.3, -0.25) is 0 Å². The van der Waals surface area contributed by atoms with E-state index in [9.17, 15) is 0 Å². The molecule has 0 saturated carbocycles. The molecule has 0 aliphatic rings. The molecule has 0 aromatic carbocycles. The van der Waals surface area contributed by atoms with Crippen molar-refractivity contribution in [2.24, 2.45) is 0 Å². The Balaban J connectivity index is 1.97. The van der Waals surface area contributed by atoms with Crippen LogP contribution in [-0.2, 0) is 0 Å². The monoisotopic (exact) mass is 68.0 g/mol. The Morgan fingerprint density at radius 3 is 2.00 bits per heavy atom. The van der Waals surface area contributed by atoms with Gasteiger partial charge in [0.1, 0.15) is 0 Å². The van der Waals surface area contributed by atoms with Crippen molar-refractivity contribution >= 4 is 27.9 Å². The first-order valence-electron chi connectivity index (χ1n) is 1.52. The second-order valence-corrected chi connectivity index (χ2v) is 1.72. The van der Waals surface area contributed by atoms with Crippen LogP contribution in [0.1, 0.15) is 0 Å². The van der Waals surface area contributed by atoms with Crippen molar-refractivity contribution in [3.05, 3.63) is 0 Å². The van der Waals surface area contributed by atoms with E-state index in [2.05, 4.69) is 0 Å². The van der Waals surface area contributed by atoms with Crippen LogP contribution in [0.3, 0.4) is 0 Å². The second-order valence-electron chi connectivity index (χ2n) is 0.724. The van der Waals surface area contributed by atoms with Gasteiger partial charge in [0.15, 0.2) is 0 Å². The molecule has 0 bridgehead atoms. The maximum absolute atomic E-state index is 7.91. The van der Waals surface area contributed by atoms with Crippen molar-refractivity contribution in [1.82, 2.24) is 0 Å². The molecular weight excluding hydrogens is 63.0 g/mol. The molecule has 0 aliphatic carbocycles. The van der Waals surface area contributed by atoms with Crippen molar-refractivity contribution in [3.8, 4) is 0 Å². The van der Waals surface area contributed by atoms with Gasteiger partial charge < -0.3 is 0 Å². The molecule has 0 atom stereocenters. The van der Waals surface area contributed by atoms with Crippen LogP contribution in [0.5, 0.6) is 0 Å². The topological polar surface area (TPSA) is 20.2 Å². The summed E-state index contributed by atoms with van der Waals surface area (Å²) >= 11 is 1.14. The molecule has 0 radical (unpaired) electrons. The van der Waals surface area contributed by atoms with E-state index in [0.717, 1.165) is 31.6 Å². The van der Waals surface area contributed by atoms with E-state index in [4.69, 9.17) is 5.11 Å². The van der Waals surface area contributed by atoms with Crippen LogP contribution in [-0.4, -0.2) is 39.6 Å². The summed E-state index contributed by atoms with van der Waals surface area (Å²) in [5.74, 6) is 0. The Hall–Kier alpha value is 0.960. The molecule has 20 valence electrons. The van der Waals surface area contributed by atoms with Crippen LogP contribution in [0, 0.1) is 0 Å². The van der Waals surface area contributed by atoms with Gasteiger partial charge in [-0.1, -0.05) is 0 Å². The molecule has 0 saturated heterocycles. The van der Waals surface area contributed by atoms with Gasteiger partial charge in [0.2, 0.25) is 0 Å². The molecule has 0 heterocycles. The van der Waals surface area contributed by atoms with Crippen LogP contribution in [0.4, 0.5) is 0 Å². The van der Waals surface area contributed by atoms with Crippen LogP contribution in [0.2, 0.25) is 3.67 Å². The first-order valence-corrected chi connectivity index (χ1v) is 2.94. The van der Waals surface area contributed by atoms with Crippen molar-refractivity contribution < 1.29 is 5.11 Å². The van der Waals surface area contributed by atoms with Gasteiger partial charge >= 0.3 is 43.3 Å². The molecule has 0 aliphatic heterocycles. The molecule has 0 fully saturated rings. The molecule has 1 N–H and O–H groups in total. The molecule has 0 unspecified atom stereocenters. The van der Waals surface area contributed by atoms with Crippen LogP contribution < -0.4 is 0 Å². The Morgan fingerprint density at radius 2 is 2.00 bits per heavy atom. The summed E-state index contributed by atoms with van der Waals surface area (Å²) < 4.78 is 1.01. The standard InChI is InChI=1S/C2H5O.Na/c1-2-3;/h3H,1-2H2;. The number of rotatable bonds is 1. The number of aliphatic hydroxyl groups excluding tert-OH is 1. The van der Waals surface area contributed by atoms with Gasteiger partial charge in [-0.25, -0.2) is 0 Å². The quantitative estimate of drug-likeness (QED) is 0.413. The molecule has 4 heavy (non-hydrogen) atoms.